The van der Waals surface area contributed by atoms with Crippen LogP contribution in [-0.2, 0) is 4.79 Å². The van der Waals surface area contributed by atoms with E-state index in [0.29, 0.717) is 30.5 Å². The molecule has 2 rings (SSSR count). The van der Waals surface area contributed by atoms with Crippen molar-refractivity contribution in [2.45, 2.75) is 19.3 Å². The Kier molecular flexibility index (Phi) is 8.37. The Labute approximate surface area is 156 Å². The molecule has 7 nitrogen and oxygen atoms in total. The summed E-state index contributed by atoms with van der Waals surface area (Å²) in [5.74, 6) is 1.38. The van der Waals surface area contributed by atoms with Gasteiger partial charge >= 0.3 is 0 Å². The Morgan fingerprint density at radius 1 is 1.35 bits per heavy atom. The van der Waals surface area contributed by atoms with E-state index in [2.05, 4.69) is 15.2 Å². The van der Waals surface area contributed by atoms with E-state index in [9.17, 15) is 4.79 Å². The van der Waals surface area contributed by atoms with Gasteiger partial charge in [0.15, 0.2) is 11.5 Å². The molecule has 0 spiro atoms. The molecule has 0 unspecified atom stereocenters. The number of ether oxygens (including phenoxy) is 2. The predicted octanol–water partition coefficient (Wildman–Crippen LogP) is 2.01. The molecule has 0 saturated carbocycles. The van der Waals surface area contributed by atoms with Crippen LogP contribution in [0.4, 0.5) is 5.82 Å². The molecule has 7 heteroatoms. The summed E-state index contributed by atoms with van der Waals surface area (Å²) in [6.07, 6.45) is 8.42. The fourth-order valence-corrected chi connectivity index (χ4v) is 2.77. The topological polar surface area (TPSA) is 66.9 Å². The zero-order valence-electron chi connectivity index (χ0n) is 16.0. The number of hydrogen-bond acceptors (Lipinski definition) is 6. The van der Waals surface area contributed by atoms with Gasteiger partial charge in [0.1, 0.15) is 5.82 Å². The molecule has 1 aromatic heterocycles. The Morgan fingerprint density at radius 2 is 2.12 bits per heavy atom. The van der Waals surface area contributed by atoms with Crippen LogP contribution in [0.1, 0.15) is 19.3 Å². The first-order chi connectivity index (χ1) is 12.6. The number of carbonyl (C=O) groups is 1. The second kappa shape index (κ2) is 10.8. The summed E-state index contributed by atoms with van der Waals surface area (Å²) in [4.78, 5) is 20.6. The van der Waals surface area contributed by atoms with Crippen molar-refractivity contribution in [1.82, 2.24) is 14.8 Å². The van der Waals surface area contributed by atoms with Gasteiger partial charge in [-0.1, -0.05) is 6.08 Å². The maximum Gasteiger partial charge on any atom is 0.249 e. The first-order valence-electron chi connectivity index (χ1n) is 9.10. The second-order valence-electron chi connectivity index (χ2n) is 6.63. The quantitative estimate of drug-likeness (QED) is 0.507. The van der Waals surface area contributed by atoms with Crippen LogP contribution < -0.4 is 14.8 Å². The van der Waals surface area contributed by atoms with Crippen molar-refractivity contribution in [1.29, 1.82) is 0 Å². The number of likely N-dealkylation sites (tertiary alicyclic amines) is 1. The second-order valence-corrected chi connectivity index (χ2v) is 6.63. The van der Waals surface area contributed by atoms with E-state index in [1.54, 1.807) is 25.4 Å². The van der Waals surface area contributed by atoms with Crippen LogP contribution in [-0.4, -0.2) is 74.7 Å². The number of nitrogens with one attached hydrogen (secondary N) is 1. The third-order valence-electron chi connectivity index (χ3n) is 4.12. The normalized spacial score (nSPS) is 14.9. The number of hydrogen-bond donors (Lipinski definition) is 1. The lowest BCUT2D eigenvalue weighted by atomic mass is 10.3. The molecular formula is C19H30N4O3. The number of pyridine rings is 1. The summed E-state index contributed by atoms with van der Waals surface area (Å²) in [5, 5.41) is 2.74. The number of nitrogens with zero attached hydrogens (tertiary/aromatic N) is 3. The third-order valence-corrected chi connectivity index (χ3v) is 4.12. The summed E-state index contributed by atoms with van der Waals surface area (Å²) in [5.41, 5.74) is 0. The van der Waals surface area contributed by atoms with Gasteiger partial charge in [-0.3, -0.25) is 4.79 Å². The van der Waals surface area contributed by atoms with E-state index in [1.807, 2.05) is 19.0 Å². The van der Waals surface area contributed by atoms with Crippen LogP contribution >= 0.6 is 0 Å². The Balaban J connectivity index is 1.85. The van der Waals surface area contributed by atoms with Gasteiger partial charge in [-0.15, -0.1) is 0 Å². The van der Waals surface area contributed by atoms with Gasteiger partial charge in [0.05, 0.1) is 19.9 Å². The number of anilines is 1. The van der Waals surface area contributed by atoms with Crippen molar-refractivity contribution < 1.29 is 14.3 Å². The van der Waals surface area contributed by atoms with Crippen molar-refractivity contribution in [2.24, 2.45) is 0 Å². The summed E-state index contributed by atoms with van der Waals surface area (Å²) >= 11 is 0. The van der Waals surface area contributed by atoms with E-state index >= 15 is 0 Å². The van der Waals surface area contributed by atoms with Crippen LogP contribution in [0.5, 0.6) is 11.5 Å². The van der Waals surface area contributed by atoms with Gasteiger partial charge in [-0.2, -0.15) is 0 Å². The minimum atomic E-state index is -0.218. The number of carbonyl (C=O) groups excluding carboxylic acids is 1. The zero-order chi connectivity index (χ0) is 18.8. The average molecular weight is 362 g/mol. The molecule has 2 heterocycles. The maximum absolute atomic E-state index is 11.9. The van der Waals surface area contributed by atoms with E-state index in [-0.39, 0.29) is 5.91 Å². The van der Waals surface area contributed by atoms with E-state index in [4.69, 9.17) is 9.47 Å². The highest BCUT2D eigenvalue weighted by atomic mass is 16.5. The minimum absolute atomic E-state index is 0.218. The highest BCUT2D eigenvalue weighted by Gasteiger charge is 2.12. The molecular weight excluding hydrogens is 332 g/mol. The Hall–Kier alpha value is -2.12. The molecule has 26 heavy (non-hydrogen) atoms. The SMILES string of the molecule is COc1cnc(NC(=O)/C=C/CN(C)C)cc1OCCCN1CCCC1. The number of amides is 1. The molecule has 1 aliphatic heterocycles. The Morgan fingerprint density at radius 3 is 2.81 bits per heavy atom. The number of aromatic nitrogens is 1. The summed E-state index contributed by atoms with van der Waals surface area (Å²) in [7, 11) is 5.47. The molecule has 144 valence electrons. The molecule has 1 fully saturated rings. The van der Waals surface area contributed by atoms with Gasteiger partial charge < -0.3 is 24.6 Å². The summed E-state index contributed by atoms with van der Waals surface area (Å²) in [6, 6.07) is 1.70. The van der Waals surface area contributed by atoms with E-state index in [1.165, 1.54) is 32.0 Å². The standard InChI is InChI=1S/C19H30N4O3/c1-22(2)9-6-8-19(24)21-18-14-16(17(25-3)15-20-18)26-13-7-12-23-10-4-5-11-23/h6,8,14-15H,4-5,7,9-13H2,1-3H3,(H,20,21,24)/b8-6+. The van der Waals surface area contributed by atoms with Crippen LogP contribution in [0.15, 0.2) is 24.4 Å². The van der Waals surface area contributed by atoms with Crippen molar-refractivity contribution in [2.75, 3.05) is 59.3 Å². The summed E-state index contributed by atoms with van der Waals surface area (Å²) < 4.78 is 11.2. The molecule has 1 saturated heterocycles. The lowest BCUT2D eigenvalue weighted by molar-refractivity contribution is -0.111. The third kappa shape index (κ3) is 7.01. The smallest absolute Gasteiger partial charge is 0.249 e. The molecule has 0 aromatic carbocycles. The van der Waals surface area contributed by atoms with E-state index in [0.717, 1.165) is 13.0 Å². The molecule has 0 atom stereocenters. The minimum Gasteiger partial charge on any atom is -0.491 e. The Bertz CT molecular complexity index is 598. The highest BCUT2D eigenvalue weighted by molar-refractivity contribution is 5.98. The van der Waals surface area contributed by atoms with Crippen LogP contribution in [0.2, 0.25) is 0 Å². The van der Waals surface area contributed by atoms with Gasteiger partial charge in [-0.05, 0) is 46.4 Å². The fraction of sp³-hybridized carbons (Fsp3) is 0.579. The van der Waals surface area contributed by atoms with Gasteiger partial charge in [0.2, 0.25) is 5.91 Å². The molecule has 0 radical (unpaired) electrons. The molecule has 1 N–H and O–H groups in total. The van der Waals surface area contributed by atoms with Crippen molar-refractivity contribution in [3.05, 3.63) is 24.4 Å². The first kappa shape index (κ1) is 20.2. The maximum atomic E-state index is 11.9. The molecule has 1 aromatic rings. The molecule has 1 aliphatic rings. The number of likely N-dealkylation sites (N-methyl/N-ethyl adjacent to an activating group) is 1. The lowest BCUT2D eigenvalue weighted by Crippen LogP contribution is -2.22. The van der Waals surface area contributed by atoms with Crippen molar-refractivity contribution in [3.63, 3.8) is 0 Å². The lowest BCUT2D eigenvalue weighted by Gasteiger charge is -2.15. The average Bonchev–Trinajstić information content (AvgIpc) is 3.12. The molecule has 0 aliphatic carbocycles. The highest BCUT2D eigenvalue weighted by Crippen LogP contribution is 2.28. The van der Waals surface area contributed by atoms with Crippen molar-refractivity contribution >= 4 is 11.7 Å². The van der Waals surface area contributed by atoms with Crippen LogP contribution in [0, 0.1) is 0 Å². The largest absolute Gasteiger partial charge is 0.491 e. The number of methoxy groups -OCH3 is 1. The predicted molar refractivity (Wildman–Crippen MR) is 103 cm³/mol. The molecule has 1 amide bonds. The van der Waals surface area contributed by atoms with Gasteiger partial charge in [0, 0.05) is 25.2 Å². The van der Waals surface area contributed by atoms with Crippen LogP contribution in [0.3, 0.4) is 0 Å². The van der Waals surface area contributed by atoms with E-state index < -0.39 is 0 Å². The first-order valence-corrected chi connectivity index (χ1v) is 9.10. The summed E-state index contributed by atoms with van der Waals surface area (Å²) in [6.45, 7) is 4.74. The number of rotatable bonds is 10. The fourth-order valence-electron chi connectivity index (χ4n) is 2.77. The van der Waals surface area contributed by atoms with Crippen molar-refractivity contribution in [3.8, 4) is 11.5 Å². The molecule has 0 bridgehead atoms. The monoisotopic (exact) mass is 362 g/mol. The zero-order valence-corrected chi connectivity index (χ0v) is 16.0. The van der Waals surface area contributed by atoms with Gasteiger partial charge in [-0.25, -0.2) is 4.98 Å². The van der Waals surface area contributed by atoms with Gasteiger partial charge in [0.25, 0.3) is 0 Å². The van der Waals surface area contributed by atoms with Crippen LogP contribution in [0.25, 0.3) is 0 Å².